The van der Waals surface area contributed by atoms with Crippen LogP contribution in [0.5, 0.6) is 0 Å². The summed E-state index contributed by atoms with van der Waals surface area (Å²) in [5, 5.41) is 10.4. The van der Waals surface area contributed by atoms with Gasteiger partial charge in [-0.25, -0.2) is 4.39 Å². The van der Waals surface area contributed by atoms with Gasteiger partial charge in [0.15, 0.2) is 0 Å². The van der Waals surface area contributed by atoms with Crippen LogP contribution < -0.4 is 0 Å². The molecule has 1 aliphatic carbocycles. The maximum atomic E-state index is 13.2. The highest BCUT2D eigenvalue weighted by Crippen LogP contribution is 2.44. The fourth-order valence-corrected chi connectivity index (χ4v) is 3.54. The molecule has 0 aliphatic heterocycles. The van der Waals surface area contributed by atoms with Crippen LogP contribution in [0.15, 0.2) is 22.7 Å². The third-order valence-corrected chi connectivity index (χ3v) is 4.84. The molecule has 1 saturated carbocycles. The first kappa shape index (κ1) is 14.0. The van der Waals surface area contributed by atoms with Crippen LogP contribution in [-0.4, -0.2) is 11.2 Å². The second-order valence-corrected chi connectivity index (χ2v) is 6.86. The second kappa shape index (κ2) is 5.30. The Kier molecular flexibility index (Phi) is 4.12. The first-order valence-electron chi connectivity index (χ1n) is 6.52. The van der Waals surface area contributed by atoms with Crippen molar-refractivity contribution < 1.29 is 9.50 Å². The quantitative estimate of drug-likeness (QED) is 0.881. The number of aliphatic hydroxyl groups excluding tert-OH is 1. The molecular formula is C15H20BrFO. The molecule has 0 heterocycles. The molecule has 18 heavy (non-hydrogen) atoms. The van der Waals surface area contributed by atoms with Gasteiger partial charge in [-0.1, -0.05) is 26.3 Å². The van der Waals surface area contributed by atoms with Crippen molar-refractivity contribution in [3.05, 3.63) is 34.1 Å². The normalized spacial score (nSPS) is 24.2. The van der Waals surface area contributed by atoms with Crippen LogP contribution in [0.3, 0.4) is 0 Å². The first-order chi connectivity index (χ1) is 8.40. The van der Waals surface area contributed by atoms with Gasteiger partial charge in [0.2, 0.25) is 0 Å². The van der Waals surface area contributed by atoms with Crippen molar-refractivity contribution in [2.75, 3.05) is 0 Å². The molecule has 0 aromatic heterocycles. The Hall–Kier alpha value is -0.410. The molecule has 3 heteroatoms. The second-order valence-electron chi connectivity index (χ2n) is 6.01. The lowest BCUT2D eigenvalue weighted by atomic mass is 9.77. The van der Waals surface area contributed by atoms with Gasteiger partial charge in [0, 0.05) is 0 Å². The van der Waals surface area contributed by atoms with Crippen molar-refractivity contribution in [2.24, 2.45) is 11.3 Å². The Morgan fingerprint density at radius 1 is 1.50 bits per heavy atom. The van der Waals surface area contributed by atoms with Gasteiger partial charge in [-0.3, -0.25) is 0 Å². The van der Waals surface area contributed by atoms with Crippen LogP contribution in [0.1, 0.15) is 38.7 Å². The smallest absolute Gasteiger partial charge is 0.137 e. The summed E-state index contributed by atoms with van der Waals surface area (Å²) in [5.41, 5.74) is 1.20. The molecule has 1 nitrogen and oxygen atoms in total. The average Bonchev–Trinajstić information content (AvgIpc) is 2.63. The lowest BCUT2D eigenvalue weighted by molar-refractivity contribution is 0.0542. The van der Waals surface area contributed by atoms with E-state index in [-0.39, 0.29) is 17.3 Å². The lowest BCUT2D eigenvalue weighted by Crippen LogP contribution is -2.31. The van der Waals surface area contributed by atoms with E-state index in [0.29, 0.717) is 16.8 Å². The van der Waals surface area contributed by atoms with Crippen molar-refractivity contribution >= 4 is 15.9 Å². The Morgan fingerprint density at radius 2 is 2.22 bits per heavy atom. The van der Waals surface area contributed by atoms with Crippen LogP contribution in [0.2, 0.25) is 0 Å². The molecule has 1 aromatic rings. The molecule has 100 valence electrons. The zero-order chi connectivity index (χ0) is 13.3. The molecular weight excluding hydrogens is 295 g/mol. The fourth-order valence-electron chi connectivity index (χ4n) is 3.12. The van der Waals surface area contributed by atoms with Gasteiger partial charge in [0.25, 0.3) is 0 Å². The lowest BCUT2D eigenvalue weighted by Gasteiger charge is -2.31. The number of halogens is 2. The number of benzene rings is 1. The van der Waals surface area contributed by atoms with E-state index in [0.717, 1.165) is 12.0 Å². The predicted molar refractivity (Wildman–Crippen MR) is 74.9 cm³/mol. The molecule has 0 spiro atoms. The summed E-state index contributed by atoms with van der Waals surface area (Å²) in [7, 11) is 0. The molecule has 0 radical (unpaired) electrons. The van der Waals surface area contributed by atoms with Crippen molar-refractivity contribution in [3.63, 3.8) is 0 Å². The Balaban J connectivity index is 2.07. The molecule has 1 fully saturated rings. The minimum absolute atomic E-state index is 0.219. The topological polar surface area (TPSA) is 20.2 Å². The highest BCUT2D eigenvalue weighted by atomic mass is 79.9. The van der Waals surface area contributed by atoms with Crippen molar-refractivity contribution in [1.29, 1.82) is 0 Å². The van der Waals surface area contributed by atoms with Gasteiger partial charge in [-0.15, -0.1) is 0 Å². The largest absolute Gasteiger partial charge is 0.392 e. The van der Waals surface area contributed by atoms with Crippen LogP contribution in [-0.2, 0) is 6.42 Å². The number of hydrogen-bond donors (Lipinski definition) is 1. The summed E-state index contributed by atoms with van der Waals surface area (Å²) < 4.78 is 13.6. The number of rotatable bonds is 3. The van der Waals surface area contributed by atoms with Crippen LogP contribution in [0, 0.1) is 17.2 Å². The molecule has 2 atom stereocenters. The molecule has 1 N–H and O–H groups in total. The van der Waals surface area contributed by atoms with Crippen molar-refractivity contribution in [2.45, 2.75) is 45.6 Å². The van der Waals surface area contributed by atoms with Gasteiger partial charge in [0.05, 0.1) is 10.6 Å². The Labute approximate surface area is 117 Å². The van der Waals surface area contributed by atoms with E-state index in [2.05, 4.69) is 29.8 Å². The summed E-state index contributed by atoms with van der Waals surface area (Å²) >= 11 is 3.19. The molecule has 1 aromatic carbocycles. The fraction of sp³-hybridized carbons (Fsp3) is 0.600. The highest BCUT2D eigenvalue weighted by molar-refractivity contribution is 9.10. The van der Waals surface area contributed by atoms with Gasteiger partial charge < -0.3 is 5.11 Å². The molecule has 2 rings (SSSR count). The number of aliphatic hydroxyl groups is 1. The third kappa shape index (κ3) is 2.94. The maximum absolute atomic E-state index is 13.2. The number of hydrogen-bond acceptors (Lipinski definition) is 1. The third-order valence-electron chi connectivity index (χ3n) is 4.23. The van der Waals surface area contributed by atoms with E-state index in [1.54, 1.807) is 12.1 Å². The summed E-state index contributed by atoms with van der Waals surface area (Å²) in [6, 6.07) is 4.97. The zero-order valence-corrected chi connectivity index (χ0v) is 12.5. The molecule has 1 aliphatic rings. The summed E-state index contributed by atoms with van der Waals surface area (Å²) in [5.74, 6) is 0.0933. The van der Waals surface area contributed by atoms with Crippen molar-refractivity contribution in [3.8, 4) is 0 Å². The van der Waals surface area contributed by atoms with Crippen LogP contribution in [0.25, 0.3) is 0 Å². The predicted octanol–water partition coefficient (Wildman–Crippen LogP) is 4.32. The van der Waals surface area contributed by atoms with Crippen molar-refractivity contribution in [1.82, 2.24) is 0 Å². The zero-order valence-electron chi connectivity index (χ0n) is 10.9. The standard InChI is InChI=1S/C15H20BrFO/c1-15(2)7-3-4-11(15)14(18)9-10-5-6-13(17)12(16)8-10/h5-6,8,11,14,18H,3-4,7,9H2,1-2H3. The first-order valence-corrected chi connectivity index (χ1v) is 7.31. The SMILES string of the molecule is CC1(C)CCCC1C(O)Cc1ccc(F)c(Br)c1. The van der Waals surface area contributed by atoms with E-state index in [4.69, 9.17) is 0 Å². The maximum Gasteiger partial charge on any atom is 0.137 e. The van der Waals surface area contributed by atoms with Gasteiger partial charge >= 0.3 is 0 Å². The minimum atomic E-state index is -0.333. The molecule has 0 bridgehead atoms. The summed E-state index contributed by atoms with van der Waals surface area (Å²) in [4.78, 5) is 0. The summed E-state index contributed by atoms with van der Waals surface area (Å²) in [6.45, 7) is 4.46. The van der Waals surface area contributed by atoms with Gasteiger partial charge in [0.1, 0.15) is 5.82 Å². The van der Waals surface area contributed by atoms with Crippen LogP contribution >= 0.6 is 15.9 Å². The minimum Gasteiger partial charge on any atom is -0.392 e. The molecule has 0 amide bonds. The Morgan fingerprint density at radius 3 is 2.78 bits per heavy atom. The van der Waals surface area contributed by atoms with E-state index in [1.807, 2.05) is 0 Å². The Bertz CT molecular complexity index is 431. The van der Waals surface area contributed by atoms with E-state index < -0.39 is 0 Å². The van der Waals surface area contributed by atoms with E-state index in [9.17, 15) is 9.50 Å². The monoisotopic (exact) mass is 314 g/mol. The molecule has 0 saturated heterocycles. The molecule has 2 unspecified atom stereocenters. The summed E-state index contributed by atoms with van der Waals surface area (Å²) in [6.07, 6.45) is 3.74. The van der Waals surface area contributed by atoms with Crippen LogP contribution in [0.4, 0.5) is 4.39 Å². The van der Waals surface area contributed by atoms with Gasteiger partial charge in [-0.05, 0) is 64.2 Å². The van der Waals surface area contributed by atoms with E-state index in [1.165, 1.54) is 18.9 Å². The average molecular weight is 315 g/mol. The van der Waals surface area contributed by atoms with E-state index >= 15 is 0 Å². The highest BCUT2D eigenvalue weighted by Gasteiger charge is 2.38. The van der Waals surface area contributed by atoms with Gasteiger partial charge in [-0.2, -0.15) is 0 Å².